The zero-order chi connectivity index (χ0) is 27.3. The van der Waals surface area contributed by atoms with Crippen LogP contribution >= 0.6 is 0 Å². The maximum Gasteiger partial charge on any atom is 0.320 e. The van der Waals surface area contributed by atoms with Crippen molar-refractivity contribution < 1.29 is 28.6 Å². The first-order valence-corrected chi connectivity index (χ1v) is 16.2. The largest absolute Gasteiger partial charge is 0.458 e. The lowest BCUT2D eigenvalue weighted by Crippen LogP contribution is -2.58. The summed E-state index contributed by atoms with van der Waals surface area (Å²) >= 11 is 0. The third kappa shape index (κ3) is 4.15. The summed E-state index contributed by atoms with van der Waals surface area (Å²) in [6.45, 7) is 9.12. The van der Waals surface area contributed by atoms with Crippen LogP contribution in [0.1, 0.15) is 98.3 Å². The van der Waals surface area contributed by atoms with E-state index in [1.54, 1.807) is 0 Å². The van der Waals surface area contributed by atoms with Gasteiger partial charge in [0.15, 0.2) is 0 Å². The van der Waals surface area contributed by atoms with E-state index < -0.39 is 23.2 Å². The summed E-state index contributed by atoms with van der Waals surface area (Å²) in [5.41, 5.74) is -0.973. The topological polar surface area (TPSA) is 78.9 Å². The average Bonchev–Trinajstić information content (AvgIpc) is 3.55. The summed E-state index contributed by atoms with van der Waals surface area (Å²) in [6, 6.07) is 0. The molecule has 2 aliphatic heterocycles. The van der Waals surface area contributed by atoms with E-state index in [0.29, 0.717) is 36.7 Å². The van der Waals surface area contributed by atoms with Crippen LogP contribution in [0.2, 0.25) is 0 Å². The molecule has 0 spiro atoms. The minimum Gasteiger partial charge on any atom is -0.458 e. The van der Waals surface area contributed by atoms with E-state index in [9.17, 15) is 14.4 Å². The van der Waals surface area contributed by atoms with Gasteiger partial charge in [0.05, 0.1) is 23.4 Å². The van der Waals surface area contributed by atoms with E-state index in [-0.39, 0.29) is 41.4 Å². The lowest BCUT2D eigenvalue weighted by Gasteiger charge is -2.59. The van der Waals surface area contributed by atoms with E-state index in [2.05, 4.69) is 27.7 Å². The molecule has 8 rings (SSSR count). The Morgan fingerprint density at radius 3 is 2.23 bits per heavy atom. The van der Waals surface area contributed by atoms with Crippen molar-refractivity contribution in [2.24, 2.45) is 70.5 Å². The van der Waals surface area contributed by atoms with E-state index in [4.69, 9.17) is 14.2 Å². The van der Waals surface area contributed by atoms with Crippen molar-refractivity contribution in [2.75, 3.05) is 6.61 Å². The summed E-state index contributed by atoms with van der Waals surface area (Å²) in [4.78, 5) is 40.4. The molecule has 2 saturated heterocycles. The van der Waals surface area contributed by atoms with Crippen molar-refractivity contribution in [1.82, 2.24) is 0 Å². The van der Waals surface area contributed by atoms with Gasteiger partial charge in [0.25, 0.3) is 0 Å². The SMILES string of the molecule is CC1CCCOC1C1C(=O)OC(=O)C1C1C2CCC(C2)C1CC(C)(C)C(=O)OC1(C)C2CC3CC(C2)CC1C3. The van der Waals surface area contributed by atoms with Gasteiger partial charge in [-0.2, -0.15) is 0 Å². The molecule has 0 aromatic heterocycles. The Kier molecular flexibility index (Phi) is 6.31. The predicted molar refractivity (Wildman–Crippen MR) is 144 cm³/mol. The van der Waals surface area contributed by atoms with Gasteiger partial charge in [0, 0.05) is 6.61 Å². The van der Waals surface area contributed by atoms with Crippen LogP contribution in [0.25, 0.3) is 0 Å². The Bertz CT molecular complexity index is 1000. The first-order valence-electron chi connectivity index (χ1n) is 16.2. The van der Waals surface area contributed by atoms with Gasteiger partial charge < -0.3 is 14.2 Å². The molecule has 0 aromatic carbocycles. The van der Waals surface area contributed by atoms with Crippen molar-refractivity contribution in [3.8, 4) is 0 Å². The van der Waals surface area contributed by atoms with E-state index in [0.717, 1.165) is 43.9 Å². The van der Waals surface area contributed by atoms with Gasteiger partial charge in [0.1, 0.15) is 5.60 Å². The molecule has 0 N–H and O–H groups in total. The number of esters is 3. The third-order valence-electron chi connectivity index (χ3n) is 13.1. The molecule has 8 aliphatic rings. The minimum absolute atomic E-state index is 0.0649. The van der Waals surface area contributed by atoms with Crippen LogP contribution in [0.3, 0.4) is 0 Å². The van der Waals surface area contributed by atoms with E-state index in [1.165, 1.54) is 32.1 Å². The van der Waals surface area contributed by atoms with Gasteiger partial charge in [-0.05, 0) is 145 Å². The second-order valence-corrected chi connectivity index (χ2v) is 15.8. The zero-order valence-corrected chi connectivity index (χ0v) is 24.4. The molecular formula is C33H48O6. The van der Waals surface area contributed by atoms with Crippen molar-refractivity contribution in [1.29, 1.82) is 0 Å². The van der Waals surface area contributed by atoms with Gasteiger partial charge in [-0.25, -0.2) is 0 Å². The normalized spacial score (nSPS) is 50.5. The van der Waals surface area contributed by atoms with E-state index >= 15 is 0 Å². The highest BCUT2D eigenvalue weighted by Gasteiger charge is 2.62. The van der Waals surface area contributed by atoms with Gasteiger partial charge in [-0.3, -0.25) is 14.4 Å². The smallest absolute Gasteiger partial charge is 0.320 e. The highest BCUT2D eigenvalue weighted by atomic mass is 16.6. The molecule has 8 atom stereocenters. The molecule has 0 radical (unpaired) electrons. The van der Waals surface area contributed by atoms with Crippen LogP contribution in [0.15, 0.2) is 0 Å². The summed E-state index contributed by atoms with van der Waals surface area (Å²) in [5.74, 6) is 2.35. The molecule has 2 heterocycles. The first kappa shape index (κ1) is 26.5. The highest BCUT2D eigenvalue weighted by molar-refractivity contribution is 5.97. The minimum atomic E-state index is -0.637. The second kappa shape index (κ2) is 9.29. The Hall–Kier alpha value is -1.43. The average molecular weight is 541 g/mol. The van der Waals surface area contributed by atoms with Crippen LogP contribution in [0.5, 0.6) is 0 Å². The fraction of sp³-hybridized carbons (Fsp3) is 0.909. The number of cyclic esters (lactones) is 2. The van der Waals surface area contributed by atoms with Crippen molar-refractivity contribution in [3.63, 3.8) is 0 Å². The lowest BCUT2D eigenvalue weighted by atomic mass is 9.50. The number of hydrogen-bond donors (Lipinski definition) is 0. The summed E-state index contributed by atoms with van der Waals surface area (Å²) < 4.78 is 18.1. The third-order valence-corrected chi connectivity index (χ3v) is 13.1. The van der Waals surface area contributed by atoms with Gasteiger partial charge >= 0.3 is 17.9 Å². The molecule has 0 amide bonds. The monoisotopic (exact) mass is 540 g/mol. The van der Waals surface area contributed by atoms with Crippen LogP contribution in [0, 0.1) is 70.5 Å². The Labute approximate surface area is 233 Å². The molecule has 8 fully saturated rings. The fourth-order valence-corrected chi connectivity index (χ4v) is 11.3. The van der Waals surface area contributed by atoms with Crippen molar-refractivity contribution >= 4 is 17.9 Å². The number of rotatable bonds is 6. The highest BCUT2D eigenvalue weighted by Crippen LogP contribution is 2.62. The van der Waals surface area contributed by atoms with Crippen LogP contribution in [0.4, 0.5) is 0 Å². The van der Waals surface area contributed by atoms with Crippen molar-refractivity contribution in [3.05, 3.63) is 0 Å². The Morgan fingerprint density at radius 2 is 1.56 bits per heavy atom. The number of carbonyl (C=O) groups is 3. The second-order valence-electron chi connectivity index (χ2n) is 15.8. The molecule has 6 saturated carbocycles. The molecule has 216 valence electrons. The molecule has 39 heavy (non-hydrogen) atoms. The number of fused-ring (bicyclic) bond motifs is 2. The van der Waals surface area contributed by atoms with Gasteiger partial charge in [-0.15, -0.1) is 0 Å². The van der Waals surface area contributed by atoms with Gasteiger partial charge in [0.2, 0.25) is 0 Å². The predicted octanol–water partition coefficient (Wildman–Crippen LogP) is 5.95. The summed E-state index contributed by atoms with van der Waals surface area (Å²) in [6.07, 6.45) is 12.0. The number of hydrogen-bond acceptors (Lipinski definition) is 6. The molecule has 6 nitrogen and oxygen atoms in total. The molecule has 0 aromatic rings. The molecule has 6 heteroatoms. The molecular weight excluding hydrogens is 492 g/mol. The quantitative estimate of drug-likeness (QED) is 0.306. The maximum absolute atomic E-state index is 14.0. The van der Waals surface area contributed by atoms with Crippen molar-refractivity contribution in [2.45, 2.75) is 110 Å². The number of carbonyl (C=O) groups excluding carboxylic acids is 3. The Morgan fingerprint density at radius 1 is 0.923 bits per heavy atom. The summed E-state index contributed by atoms with van der Waals surface area (Å²) in [5, 5.41) is 0. The Balaban J connectivity index is 1.11. The fourth-order valence-electron chi connectivity index (χ4n) is 11.3. The summed E-state index contributed by atoms with van der Waals surface area (Å²) in [7, 11) is 0. The molecule has 6 aliphatic carbocycles. The van der Waals surface area contributed by atoms with Crippen LogP contribution in [-0.2, 0) is 28.6 Å². The van der Waals surface area contributed by atoms with Crippen LogP contribution < -0.4 is 0 Å². The molecule has 8 unspecified atom stereocenters. The first-order chi connectivity index (χ1) is 18.5. The lowest BCUT2D eigenvalue weighted by molar-refractivity contribution is -0.212. The maximum atomic E-state index is 14.0. The van der Waals surface area contributed by atoms with Gasteiger partial charge in [-0.1, -0.05) is 6.92 Å². The zero-order valence-electron chi connectivity index (χ0n) is 24.4. The standard InChI is InChI=1S/C33H48O6/c1-17-6-5-9-37-28(17)27-26(29(34)38-30(27)35)25-21-8-7-20(15-21)24(25)16-32(2,3)31(36)39-33(4)22-11-18-10-19(13-22)14-23(33)12-18/h17-28H,5-16H2,1-4H3. The van der Waals surface area contributed by atoms with Crippen LogP contribution in [-0.4, -0.2) is 36.2 Å². The van der Waals surface area contributed by atoms with E-state index in [1.807, 2.05) is 0 Å². The number of ether oxygens (including phenoxy) is 3. The molecule has 6 bridgehead atoms.